The lowest BCUT2D eigenvalue weighted by Gasteiger charge is -2.11. The molecule has 0 saturated heterocycles. The largest absolute Gasteiger partial charge is 0.490 e. The van der Waals surface area contributed by atoms with E-state index >= 15 is 0 Å². The number of benzene rings is 2. The molecule has 2 rings (SSSR count). The van der Waals surface area contributed by atoms with Crippen LogP contribution in [0.25, 0.3) is 0 Å². The van der Waals surface area contributed by atoms with Crippen LogP contribution in [0, 0.1) is 0 Å². The number of primary amides is 1. The van der Waals surface area contributed by atoms with Crippen LogP contribution in [0.15, 0.2) is 48.5 Å². The van der Waals surface area contributed by atoms with Gasteiger partial charge in [-0.2, -0.15) is 0 Å². The van der Waals surface area contributed by atoms with Gasteiger partial charge in [-0.3, -0.25) is 9.59 Å². The maximum atomic E-state index is 11.8. The third kappa shape index (κ3) is 6.35. The maximum absolute atomic E-state index is 11.8. The average molecular weight is 372 g/mol. The SMILES string of the molecule is CCOc1ccccc1OCC(=O)OCC(=O)Nc1ccc(C(N)=O)cc1. The summed E-state index contributed by atoms with van der Waals surface area (Å²) in [6, 6.07) is 12.9. The Kier molecular flexibility index (Phi) is 7.18. The molecule has 0 spiro atoms. The fourth-order valence-electron chi connectivity index (χ4n) is 2.08. The van der Waals surface area contributed by atoms with E-state index in [1.165, 1.54) is 24.3 Å². The Hall–Kier alpha value is -3.55. The molecule has 0 aromatic heterocycles. The van der Waals surface area contributed by atoms with Gasteiger partial charge in [-0.05, 0) is 43.3 Å². The standard InChI is InChI=1S/C19H20N2O6/c1-2-25-15-5-3-4-6-16(15)26-12-18(23)27-11-17(22)21-14-9-7-13(8-10-14)19(20)24/h3-10H,2,11-12H2,1H3,(H2,20,24)(H,21,22). The number of carbonyl (C=O) groups is 3. The lowest BCUT2D eigenvalue weighted by Crippen LogP contribution is -2.23. The number of amides is 2. The Morgan fingerprint density at radius 1 is 0.926 bits per heavy atom. The molecule has 2 amide bonds. The van der Waals surface area contributed by atoms with E-state index in [0.717, 1.165) is 0 Å². The van der Waals surface area contributed by atoms with E-state index in [1.54, 1.807) is 24.3 Å². The van der Waals surface area contributed by atoms with Crippen LogP contribution in [0.4, 0.5) is 5.69 Å². The fourth-order valence-corrected chi connectivity index (χ4v) is 2.08. The second kappa shape index (κ2) is 9.81. The molecule has 0 fully saturated rings. The molecule has 0 radical (unpaired) electrons. The van der Waals surface area contributed by atoms with Crippen molar-refractivity contribution in [1.29, 1.82) is 0 Å². The molecule has 0 heterocycles. The van der Waals surface area contributed by atoms with Gasteiger partial charge in [0, 0.05) is 11.3 Å². The summed E-state index contributed by atoms with van der Waals surface area (Å²) in [6.45, 7) is 1.48. The van der Waals surface area contributed by atoms with E-state index in [1.807, 2.05) is 6.92 Å². The minimum atomic E-state index is -0.694. The number of ether oxygens (including phenoxy) is 3. The summed E-state index contributed by atoms with van der Waals surface area (Å²) < 4.78 is 15.6. The molecule has 2 aromatic carbocycles. The fraction of sp³-hybridized carbons (Fsp3) is 0.211. The number of hydrogen-bond donors (Lipinski definition) is 2. The topological polar surface area (TPSA) is 117 Å². The van der Waals surface area contributed by atoms with Gasteiger partial charge in [-0.15, -0.1) is 0 Å². The highest BCUT2D eigenvalue weighted by Gasteiger charge is 2.11. The second-order valence-corrected chi connectivity index (χ2v) is 5.32. The predicted octanol–water partition coefficient (Wildman–Crippen LogP) is 1.74. The van der Waals surface area contributed by atoms with Gasteiger partial charge in [-0.1, -0.05) is 12.1 Å². The minimum absolute atomic E-state index is 0.323. The Balaban J connectivity index is 1.76. The van der Waals surface area contributed by atoms with Crippen LogP contribution in [-0.2, 0) is 14.3 Å². The molecule has 2 aromatic rings. The Morgan fingerprint density at radius 2 is 1.56 bits per heavy atom. The first kappa shape index (κ1) is 19.8. The summed E-state index contributed by atoms with van der Waals surface area (Å²) in [4.78, 5) is 34.5. The molecule has 0 bridgehead atoms. The molecule has 0 aliphatic heterocycles. The van der Waals surface area contributed by atoms with Gasteiger partial charge in [0.05, 0.1) is 6.61 Å². The summed E-state index contributed by atoms with van der Waals surface area (Å²) in [5, 5.41) is 2.53. The summed E-state index contributed by atoms with van der Waals surface area (Å²) in [6.07, 6.45) is 0. The van der Waals surface area contributed by atoms with Crippen molar-refractivity contribution in [3.05, 3.63) is 54.1 Å². The first-order valence-corrected chi connectivity index (χ1v) is 8.19. The third-order valence-electron chi connectivity index (χ3n) is 3.31. The predicted molar refractivity (Wildman–Crippen MR) is 97.7 cm³/mol. The number of para-hydroxylation sites is 2. The number of hydrogen-bond acceptors (Lipinski definition) is 6. The quantitative estimate of drug-likeness (QED) is 0.648. The van der Waals surface area contributed by atoms with Gasteiger partial charge < -0.3 is 25.3 Å². The Labute approximate surface area is 156 Å². The molecule has 0 unspecified atom stereocenters. The summed E-state index contributed by atoms with van der Waals surface area (Å²) in [5.41, 5.74) is 5.91. The average Bonchev–Trinajstić information content (AvgIpc) is 2.66. The van der Waals surface area contributed by atoms with Crippen molar-refractivity contribution in [2.45, 2.75) is 6.92 Å². The molecule has 3 N–H and O–H groups in total. The van der Waals surface area contributed by atoms with Crippen molar-refractivity contribution in [3.8, 4) is 11.5 Å². The zero-order chi connectivity index (χ0) is 19.6. The number of esters is 1. The van der Waals surface area contributed by atoms with E-state index in [4.69, 9.17) is 19.9 Å². The van der Waals surface area contributed by atoms with E-state index < -0.39 is 24.4 Å². The third-order valence-corrected chi connectivity index (χ3v) is 3.31. The van der Waals surface area contributed by atoms with Gasteiger partial charge >= 0.3 is 5.97 Å². The zero-order valence-electron chi connectivity index (χ0n) is 14.8. The molecule has 0 aliphatic rings. The maximum Gasteiger partial charge on any atom is 0.344 e. The van der Waals surface area contributed by atoms with Crippen LogP contribution < -0.4 is 20.5 Å². The lowest BCUT2D eigenvalue weighted by atomic mass is 10.2. The Bertz CT molecular complexity index is 804. The van der Waals surface area contributed by atoms with Gasteiger partial charge in [0.2, 0.25) is 5.91 Å². The van der Waals surface area contributed by atoms with Crippen LogP contribution in [0.1, 0.15) is 17.3 Å². The number of nitrogens with one attached hydrogen (secondary N) is 1. The molecule has 27 heavy (non-hydrogen) atoms. The number of anilines is 1. The van der Waals surface area contributed by atoms with Crippen LogP contribution in [0.5, 0.6) is 11.5 Å². The first-order chi connectivity index (χ1) is 13.0. The van der Waals surface area contributed by atoms with Crippen LogP contribution in [-0.4, -0.2) is 37.6 Å². The van der Waals surface area contributed by atoms with Crippen LogP contribution in [0.3, 0.4) is 0 Å². The normalized spacial score (nSPS) is 9.96. The lowest BCUT2D eigenvalue weighted by molar-refractivity contribution is -0.149. The van der Waals surface area contributed by atoms with Gasteiger partial charge in [0.15, 0.2) is 24.7 Å². The summed E-state index contributed by atoms with van der Waals surface area (Å²) >= 11 is 0. The molecular weight excluding hydrogens is 352 g/mol. The number of nitrogens with two attached hydrogens (primary N) is 1. The number of rotatable bonds is 9. The highest BCUT2D eigenvalue weighted by molar-refractivity contribution is 5.95. The van der Waals surface area contributed by atoms with Crippen LogP contribution >= 0.6 is 0 Å². The smallest absolute Gasteiger partial charge is 0.344 e. The van der Waals surface area contributed by atoms with Crippen molar-refractivity contribution < 1.29 is 28.6 Å². The van der Waals surface area contributed by atoms with Gasteiger partial charge in [0.25, 0.3) is 5.91 Å². The monoisotopic (exact) mass is 372 g/mol. The highest BCUT2D eigenvalue weighted by Crippen LogP contribution is 2.26. The summed E-state index contributed by atoms with van der Waals surface area (Å²) in [7, 11) is 0. The molecule has 8 nitrogen and oxygen atoms in total. The Morgan fingerprint density at radius 3 is 2.15 bits per heavy atom. The molecule has 0 aliphatic carbocycles. The number of carbonyl (C=O) groups excluding carboxylic acids is 3. The van der Waals surface area contributed by atoms with Crippen molar-refractivity contribution >= 4 is 23.5 Å². The first-order valence-electron chi connectivity index (χ1n) is 8.19. The van der Waals surface area contributed by atoms with Crippen molar-refractivity contribution in [3.63, 3.8) is 0 Å². The molecule has 0 saturated carbocycles. The zero-order valence-corrected chi connectivity index (χ0v) is 14.8. The minimum Gasteiger partial charge on any atom is -0.490 e. The van der Waals surface area contributed by atoms with Crippen molar-refractivity contribution in [2.75, 3.05) is 25.1 Å². The summed E-state index contributed by atoms with van der Waals surface area (Å²) in [5.74, 6) is -0.849. The molecule has 142 valence electrons. The van der Waals surface area contributed by atoms with E-state index in [0.29, 0.717) is 29.4 Å². The molecular formula is C19H20N2O6. The van der Waals surface area contributed by atoms with Crippen LogP contribution in [0.2, 0.25) is 0 Å². The highest BCUT2D eigenvalue weighted by atomic mass is 16.6. The van der Waals surface area contributed by atoms with Crippen molar-refractivity contribution in [1.82, 2.24) is 0 Å². The second-order valence-electron chi connectivity index (χ2n) is 5.32. The van der Waals surface area contributed by atoms with E-state index in [2.05, 4.69) is 5.32 Å². The van der Waals surface area contributed by atoms with E-state index in [-0.39, 0.29) is 6.61 Å². The molecule has 0 atom stereocenters. The van der Waals surface area contributed by atoms with E-state index in [9.17, 15) is 14.4 Å². The molecule has 8 heteroatoms. The van der Waals surface area contributed by atoms with Gasteiger partial charge in [0.1, 0.15) is 0 Å². The van der Waals surface area contributed by atoms with Crippen molar-refractivity contribution in [2.24, 2.45) is 5.73 Å². The van der Waals surface area contributed by atoms with Gasteiger partial charge in [-0.25, -0.2) is 4.79 Å².